The first-order valence-corrected chi connectivity index (χ1v) is 9.64. The van der Waals surface area contributed by atoms with Crippen molar-refractivity contribution in [2.24, 2.45) is 0 Å². The van der Waals surface area contributed by atoms with E-state index in [4.69, 9.17) is 0 Å². The van der Waals surface area contributed by atoms with Crippen LogP contribution in [0.5, 0.6) is 0 Å². The van der Waals surface area contributed by atoms with Gasteiger partial charge < -0.3 is 15.5 Å². The molecule has 31 heavy (non-hydrogen) atoms. The predicted octanol–water partition coefficient (Wildman–Crippen LogP) is 3.06. The van der Waals surface area contributed by atoms with Crippen molar-refractivity contribution in [3.63, 3.8) is 0 Å². The van der Waals surface area contributed by atoms with Gasteiger partial charge in [-0.05, 0) is 55.3 Å². The van der Waals surface area contributed by atoms with E-state index in [0.29, 0.717) is 22.6 Å². The zero-order valence-corrected chi connectivity index (χ0v) is 17.5. The minimum Gasteiger partial charge on any atom is -0.332 e. The number of para-hydroxylation sites is 1. The second-order valence-electron chi connectivity index (χ2n) is 7.12. The molecule has 158 valence electrons. The number of carbonyl (C=O) groups is 3. The van der Waals surface area contributed by atoms with Crippen molar-refractivity contribution >= 4 is 29.2 Å². The maximum absolute atomic E-state index is 13.0. The highest BCUT2D eigenvalue weighted by atomic mass is 16.2. The number of hydrogen-bond acceptors (Lipinski definition) is 5. The average Bonchev–Trinajstić information content (AvgIpc) is 2.75. The molecule has 0 spiro atoms. The number of carbonyl (C=O) groups excluding carboxylic acids is 3. The molecule has 2 aromatic heterocycles. The van der Waals surface area contributed by atoms with Crippen LogP contribution in [0.15, 0.2) is 61.1 Å². The molecule has 8 nitrogen and oxygen atoms in total. The maximum atomic E-state index is 13.0. The highest BCUT2D eigenvalue weighted by molar-refractivity contribution is 6.10. The van der Waals surface area contributed by atoms with Gasteiger partial charge in [-0.15, -0.1) is 0 Å². The van der Waals surface area contributed by atoms with Crippen molar-refractivity contribution in [1.82, 2.24) is 14.9 Å². The van der Waals surface area contributed by atoms with Crippen molar-refractivity contribution in [2.45, 2.75) is 13.8 Å². The van der Waals surface area contributed by atoms with E-state index in [2.05, 4.69) is 20.6 Å². The lowest BCUT2D eigenvalue weighted by molar-refractivity contribution is -0.116. The van der Waals surface area contributed by atoms with E-state index in [1.54, 1.807) is 49.5 Å². The van der Waals surface area contributed by atoms with Crippen LogP contribution in [-0.4, -0.2) is 46.2 Å². The summed E-state index contributed by atoms with van der Waals surface area (Å²) < 4.78 is 0. The minimum atomic E-state index is -0.388. The maximum Gasteiger partial charge on any atom is 0.256 e. The molecule has 8 heteroatoms. The lowest BCUT2D eigenvalue weighted by atomic mass is 10.1. The summed E-state index contributed by atoms with van der Waals surface area (Å²) in [6, 6.07) is 11.9. The third kappa shape index (κ3) is 5.51. The van der Waals surface area contributed by atoms with Crippen LogP contribution in [0.4, 0.5) is 11.5 Å². The lowest BCUT2D eigenvalue weighted by Crippen LogP contribution is -2.35. The summed E-state index contributed by atoms with van der Waals surface area (Å²) in [6.45, 7) is 3.53. The van der Waals surface area contributed by atoms with Gasteiger partial charge in [-0.3, -0.25) is 19.4 Å². The molecule has 0 atom stereocenters. The van der Waals surface area contributed by atoms with Crippen LogP contribution in [0.2, 0.25) is 0 Å². The number of rotatable bonds is 6. The molecular formula is C23H23N5O3. The first-order chi connectivity index (χ1) is 14.8. The van der Waals surface area contributed by atoms with Gasteiger partial charge in [-0.25, -0.2) is 4.98 Å². The van der Waals surface area contributed by atoms with E-state index in [-0.39, 0.29) is 24.3 Å². The zero-order chi connectivity index (χ0) is 22.4. The van der Waals surface area contributed by atoms with Crippen LogP contribution in [0.1, 0.15) is 31.8 Å². The second-order valence-corrected chi connectivity index (χ2v) is 7.12. The van der Waals surface area contributed by atoms with E-state index < -0.39 is 0 Å². The number of pyridine rings is 2. The molecular weight excluding hydrogens is 394 g/mol. The number of likely N-dealkylation sites (N-methyl/N-ethyl adjacent to an activating group) is 1. The Hall–Kier alpha value is -4.07. The molecule has 2 heterocycles. The summed E-state index contributed by atoms with van der Waals surface area (Å²) >= 11 is 0. The molecule has 0 unspecified atom stereocenters. The molecule has 0 saturated heterocycles. The SMILES string of the molecule is Cc1ccnc(NC(=O)CN(C)C(=O)c2cccc(C)c2NC(=O)c2ccncc2)c1. The minimum absolute atomic E-state index is 0.167. The van der Waals surface area contributed by atoms with Crippen LogP contribution < -0.4 is 10.6 Å². The van der Waals surface area contributed by atoms with Gasteiger partial charge >= 0.3 is 0 Å². The Kier molecular flexibility index (Phi) is 6.71. The number of aryl methyl sites for hydroxylation is 2. The van der Waals surface area contributed by atoms with Gasteiger partial charge in [0.1, 0.15) is 5.82 Å². The lowest BCUT2D eigenvalue weighted by Gasteiger charge is -2.20. The zero-order valence-electron chi connectivity index (χ0n) is 17.5. The number of amides is 3. The fourth-order valence-electron chi connectivity index (χ4n) is 2.98. The first-order valence-electron chi connectivity index (χ1n) is 9.64. The smallest absolute Gasteiger partial charge is 0.256 e. The topological polar surface area (TPSA) is 104 Å². The summed E-state index contributed by atoms with van der Waals surface area (Å²) in [4.78, 5) is 47.3. The third-order valence-electron chi connectivity index (χ3n) is 4.59. The molecule has 0 fully saturated rings. The van der Waals surface area contributed by atoms with Gasteiger partial charge in [-0.2, -0.15) is 0 Å². The Balaban J connectivity index is 1.74. The Morgan fingerprint density at radius 1 is 0.968 bits per heavy atom. The number of benzene rings is 1. The quantitative estimate of drug-likeness (QED) is 0.641. The molecule has 0 saturated carbocycles. The second kappa shape index (κ2) is 9.62. The van der Waals surface area contributed by atoms with E-state index >= 15 is 0 Å². The fraction of sp³-hybridized carbons (Fsp3) is 0.174. The van der Waals surface area contributed by atoms with Crippen LogP contribution in [0.3, 0.4) is 0 Å². The van der Waals surface area contributed by atoms with E-state index in [9.17, 15) is 14.4 Å². The summed E-state index contributed by atoms with van der Waals surface area (Å²) in [6.07, 6.45) is 4.65. The third-order valence-corrected chi connectivity index (χ3v) is 4.59. The Morgan fingerprint density at radius 3 is 2.42 bits per heavy atom. The number of anilines is 2. The van der Waals surface area contributed by atoms with E-state index in [1.165, 1.54) is 24.3 Å². The molecule has 3 amide bonds. The van der Waals surface area contributed by atoms with Crippen molar-refractivity contribution in [1.29, 1.82) is 0 Å². The fourth-order valence-corrected chi connectivity index (χ4v) is 2.98. The monoisotopic (exact) mass is 417 g/mol. The van der Waals surface area contributed by atoms with Crippen molar-refractivity contribution in [3.8, 4) is 0 Å². The van der Waals surface area contributed by atoms with Gasteiger partial charge in [0.2, 0.25) is 5.91 Å². The van der Waals surface area contributed by atoms with Gasteiger partial charge in [0.05, 0.1) is 17.8 Å². The molecule has 1 aromatic carbocycles. The summed E-state index contributed by atoms with van der Waals surface area (Å²) in [5.74, 6) is -0.687. The van der Waals surface area contributed by atoms with Gasteiger partial charge in [0.15, 0.2) is 0 Å². The molecule has 0 bridgehead atoms. The molecule has 3 aromatic rings. The summed E-state index contributed by atoms with van der Waals surface area (Å²) in [7, 11) is 1.53. The first kappa shape index (κ1) is 21.6. The molecule has 0 aliphatic heterocycles. The van der Waals surface area contributed by atoms with Crippen LogP contribution in [-0.2, 0) is 4.79 Å². The van der Waals surface area contributed by atoms with Crippen LogP contribution >= 0.6 is 0 Å². The summed E-state index contributed by atoms with van der Waals surface area (Å²) in [5.41, 5.74) is 2.82. The van der Waals surface area contributed by atoms with E-state index in [1.807, 2.05) is 13.0 Å². The molecule has 0 radical (unpaired) electrons. The highest BCUT2D eigenvalue weighted by Crippen LogP contribution is 2.23. The standard InChI is InChI=1S/C23H23N5O3/c1-15-7-12-25-19(13-15)26-20(29)14-28(3)23(31)18-6-4-5-16(2)21(18)27-22(30)17-8-10-24-11-9-17/h4-13H,14H2,1-3H3,(H,27,30)(H,25,26,29). The average molecular weight is 417 g/mol. The van der Waals surface area contributed by atoms with Crippen LogP contribution in [0, 0.1) is 13.8 Å². The van der Waals surface area contributed by atoms with Gasteiger partial charge in [0, 0.05) is 31.2 Å². The highest BCUT2D eigenvalue weighted by Gasteiger charge is 2.21. The largest absolute Gasteiger partial charge is 0.332 e. The van der Waals surface area contributed by atoms with Crippen LogP contribution in [0.25, 0.3) is 0 Å². The van der Waals surface area contributed by atoms with Crippen molar-refractivity contribution < 1.29 is 14.4 Å². The Morgan fingerprint density at radius 2 is 1.71 bits per heavy atom. The van der Waals surface area contributed by atoms with Gasteiger partial charge in [-0.1, -0.05) is 12.1 Å². The van der Waals surface area contributed by atoms with Crippen molar-refractivity contribution in [2.75, 3.05) is 24.2 Å². The van der Waals surface area contributed by atoms with Gasteiger partial charge in [0.25, 0.3) is 11.8 Å². The van der Waals surface area contributed by atoms with Crippen molar-refractivity contribution in [3.05, 3.63) is 83.3 Å². The Bertz CT molecular complexity index is 1120. The normalized spacial score (nSPS) is 10.3. The molecule has 0 aliphatic carbocycles. The number of nitrogens with zero attached hydrogens (tertiary/aromatic N) is 3. The Labute approximate surface area is 180 Å². The molecule has 0 aliphatic rings. The number of hydrogen-bond donors (Lipinski definition) is 2. The van der Waals surface area contributed by atoms with E-state index in [0.717, 1.165) is 11.1 Å². The number of aromatic nitrogens is 2. The summed E-state index contributed by atoms with van der Waals surface area (Å²) in [5, 5.41) is 5.49. The molecule has 3 rings (SSSR count). The molecule has 2 N–H and O–H groups in total. The number of nitrogens with one attached hydrogen (secondary N) is 2. The predicted molar refractivity (Wildman–Crippen MR) is 118 cm³/mol.